The van der Waals surface area contributed by atoms with Crippen LogP contribution in [0.25, 0.3) is 0 Å². The molecule has 2 heterocycles. The smallest absolute Gasteiger partial charge is 0.307 e. The van der Waals surface area contributed by atoms with Gasteiger partial charge in [0.1, 0.15) is 5.76 Å². The Morgan fingerprint density at radius 3 is 2.81 bits per heavy atom. The van der Waals surface area contributed by atoms with Crippen LogP contribution in [0.3, 0.4) is 0 Å². The molecule has 0 bridgehead atoms. The number of nitrogens with zero attached hydrogens (tertiary/aromatic N) is 1. The van der Waals surface area contributed by atoms with Gasteiger partial charge in [0, 0.05) is 24.9 Å². The van der Waals surface area contributed by atoms with Gasteiger partial charge in [0.15, 0.2) is 17.6 Å². The van der Waals surface area contributed by atoms with Crippen molar-refractivity contribution in [2.45, 2.75) is 56.8 Å². The zero-order chi connectivity index (χ0) is 19.6. The molecule has 0 saturated carbocycles. The maximum Gasteiger partial charge on any atom is 0.307 e. The van der Waals surface area contributed by atoms with Crippen molar-refractivity contribution in [2.24, 2.45) is 0 Å². The molecule has 2 aliphatic heterocycles. The van der Waals surface area contributed by atoms with Gasteiger partial charge in [-0.1, -0.05) is 6.07 Å². The molecule has 3 aliphatic rings. The molecule has 0 amide bonds. The summed E-state index contributed by atoms with van der Waals surface area (Å²) in [7, 11) is 3.64. The number of carbonyl (C=O) groups is 1. The fraction of sp³-hybridized carbons (Fsp3) is 0.571. The fourth-order valence-electron chi connectivity index (χ4n) is 5.32. The topological polar surface area (TPSA) is 68.2 Å². The summed E-state index contributed by atoms with van der Waals surface area (Å²) in [4.78, 5) is 13.9. The van der Waals surface area contributed by atoms with Gasteiger partial charge in [-0.05, 0) is 51.6 Å². The second-order valence-electron chi connectivity index (χ2n) is 7.99. The van der Waals surface area contributed by atoms with E-state index in [9.17, 15) is 9.90 Å². The first-order valence-corrected chi connectivity index (χ1v) is 9.42. The molecule has 6 nitrogen and oxygen atoms in total. The van der Waals surface area contributed by atoms with Crippen LogP contribution in [0.1, 0.15) is 37.8 Å². The maximum absolute atomic E-state index is 12.0. The van der Waals surface area contributed by atoms with Gasteiger partial charge in [-0.3, -0.25) is 4.79 Å². The lowest BCUT2D eigenvalue weighted by molar-refractivity contribution is -0.160. The van der Waals surface area contributed by atoms with Crippen molar-refractivity contribution in [3.05, 3.63) is 35.1 Å². The molecule has 1 saturated heterocycles. The number of carbonyl (C=O) groups excluding carboxylic acids is 1. The molecule has 27 heavy (non-hydrogen) atoms. The summed E-state index contributed by atoms with van der Waals surface area (Å²) in [5, 5.41) is 12.0. The van der Waals surface area contributed by atoms with E-state index in [1.807, 2.05) is 32.2 Å². The van der Waals surface area contributed by atoms with Gasteiger partial charge in [-0.25, -0.2) is 0 Å². The number of esters is 1. The first-order valence-electron chi connectivity index (χ1n) is 9.42. The molecule has 1 spiro atoms. The van der Waals surface area contributed by atoms with E-state index in [1.165, 1.54) is 6.92 Å². The van der Waals surface area contributed by atoms with Crippen LogP contribution < -0.4 is 9.47 Å². The average molecular weight is 373 g/mol. The van der Waals surface area contributed by atoms with Crippen molar-refractivity contribution in [3.8, 4) is 11.5 Å². The van der Waals surface area contributed by atoms with Crippen molar-refractivity contribution in [1.82, 2.24) is 4.90 Å². The van der Waals surface area contributed by atoms with Gasteiger partial charge in [0.2, 0.25) is 0 Å². The second kappa shape index (κ2) is 5.97. The number of hydrogen-bond donors (Lipinski definition) is 1. The summed E-state index contributed by atoms with van der Waals surface area (Å²) in [5.41, 5.74) is 0.294. The van der Waals surface area contributed by atoms with E-state index in [2.05, 4.69) is 11.8 Å². The Morgan fingerprint density at radius 2 is 2.15 bits per heavy atom. The molecule has 4 atom stereocenters. The molecule has 1 aromatic carbocycles. The first-order chi connectivity index (χ1) is 12.8. The third kappa shape index (κ3) is 2.23. The highest BCUT2D eigenvalue weighted by Crippen LogP contribution is 2.62. The number of aliphatic hydroxyl groups is 1. The molecule has 4 rings (SSSR count). The third-order valence-electron chi connectivity index (χ3n) is 6.80. The van der Waals surface area contributed by atoms with Crippen molar-refractivity contribution in [1.29, 1.82) is 0 Å². The van der Waals surface area contributed by atoms with Crippen LogP contribution in [0, 0.1) is 6.92 Å². The molecule has 1 N–H and O–H groups in total. The SMILES string of the molecule is COc1ccc(C)c2c1OC1C(OC(C)=O)=CCC3(O)C(C)N(C)CCC213. The Morgan fingerprint density at radius 1 is 1.41 bits per heavy atom. The Bertz CT molecular complexity index is 834. The molecular weight excluding hydrogens is 346 g/mol. The van der Waals surface area contributed by atoms with E-state index in [1.54, 1.807) is 7.11 Å². The van der Waals surface area contributed by atoms with Gasteiger partial charge in [-0.2, -0.15) is 0 Å². The minimum absolute atomic E-state index is 0.0796. The second-order valence-corrected chi connectivity index (χ2v) is 7.99. The summed E-state index contributed by atoms with van der Waals surface area (Å²) in [5.74, 6) is 1.39. The van der Waals surface area contributed by atoms with Crippen molar-refractivity contribution in [3.63, 3.8) is 0 Å². The number of aryl methyl sites for hydroxylation is 1. The number of methoxy groups -OCH3 is 1. The minimum atomic E-state index is -1.04. The molecule has 1 aromatic rings. The van der Waals surface area contributed by atoms with Crippen LogP contribution in [-0.4, -0.2) is 54.4 Å². The highest BCUT2D eigenvalue weighted by atomic mass is 16.6. The van der Waals surface area contributed by atoms with E-state index in [0.29, 0.717) is 30.1 Å². The predicted octanol–water partition coefficient (Wildman–Crippen LogP) is 2.31. The number of hydrogen-bond acceptors (Lipinski definition) is 6. The summed E-state index contributed by atoms with van der Waals surface area (Å²) in [6.07, 6.45) is 2.36. The lowest BCUT2D eigenvalue weighted by atomic mass is 9.54. The lowest BCUT2D eigenvalue weighted by Crippen LogP contribution is -2.71. The van der Waals surface area contributed by atoms with E-state index in [-0.39, 0.29) is 12.0 Å². The quantitative estimate of drug-likeness (QED) is 0.803. The summed E-state index contributed by atoms with van der Waals surface area (Å²) in [6, 6.07) is 3.81. The number of piperidine rings is 1. The zero-order valence-corrected chi connectivity index (χ0v) is 16.5. The number of fused-ring (bicyclic) bond motifs is 1. The standard InChI is InChI=1S/C21H27NO5/c1-12-6-7-15(25-5)18-17(12)20-10-11-22(4)13(2)21(20,24)9-8-16(19(20)27-18)26-14(3)23/h6-8,13,19,24H,9-11H2,1-5H3. The van der Waals surface area contributed by atoms with Gasteiger partial charge < -0.3 is 24.2 Å². The van der Waals surface area contributed by atoms with Crippen LogP contribution in [-0.2, 0) is 14.9 Å². The van der Waals surface area contributed by atoms with E-state index in [4.69, 9.17) is 14.2 Å². The number of benzene rings is 1. The maximum atomic E-state index is 12.0. The number of ether oxygens (including phenoxy) is 3. The van der Waals surface area contributed by atoms with Gasteiger partial charge >= 0.3 is 5.97 Å². The lowest BCUT2D eigenvalue weighted by Gasteiger charge is -2.58. The number of likely N-dealkylation sites (N-methyl/N-ethyl adjacent to an activating group) is 1. The van der Waals surface area contributed by atoms with Crippen molar-refractivity contribution in [2.75, 3.05) is 20.7 Å². The number of rotatable bonds is 2. The van der Waals surface area contributed by atoms with Crippen LogP contribution in [0.15, 0.2) is 24.0 Å². The summed E-state index contributed by atoms with van der Waals surface area (Å²) in [6.45, 7) is 6.29. The Labute approximate surface area is 159 Å². The summed E-state index contributed by atoms with van der Waals surface area (Å²) < 4.78 is 17.5. The van der Waals surface area contributed by atoms with E-state index >= 15 is 0 Å². The largest absolute Gasteiger partial charge is 0.493 e. The first kappa shape index (κ1) is 18.3. The van der Waals surface area contributed by atoms with Crippen molar-refractivity contribution < 1.29 is 24.1 Å². The monoisotopic (exact) mass is 373 g/mol. The van der Waals surface area contributed by atoms with Crippen LogP contribution in [0.5, 0.6) is 11.5 Å². The van der Waals surface area contributed by atoms with Crippen LogP contribution >= 0.6 is 0 Å². The van der Waals surface area contributed by atoms with Gasteiger partial charge in [-0.15, -0.1) is 0 Å². The molecular formula is C21H27NO5. The molecule has 0 aromatic heterocycles. The Kier molecular flexibility index (Phi) is 4.05. The highest BCUT2D eigenvalue weighted by Gasteiger charge is 2.69. The molecule has 6 heteroatoms. The van der Waals surface area contributed by atoms with Gasteiger partial charge in [0.05, 0.1) is 18.1 Å². The summed E-state index contributed by atoms with van der Waals surface area (Å²) >= 11 is 0. The average Bonchev–Trinajstić information content (AvgIpc) is 2.98. The number of likely N-dealkylation sites (tertiary alicyclic amines) is 1. The Hall–Kier alpha value is -2.05. The zero-order valence-electron chi connectivity index (χ0n) is 16.5. The molecule has 4 unspecified atom stereocenters. The fourth-order valence-corrected chi connectivity index (χ4v) is 5.32. The molecule has 0 radical (unpaired) electrons. The molecule has 1 fully saturated rings. The van der Waals surface area contributed by atoms with Crippen molar-refractivity contribution >= 4 is 5.97 Å². The van der Waals surface area contributed by atoms with Gasteiger partial charge in [0.25, 0.3) is 0 Å². The van der Waals surface area contributed by atoms with Crippen LogP contribution in [0.4, 0.5) is 0 Å². The van der Waals surface area contributed by atoms with Crippen LogP contribution in [0.2, 0.25) is 0 Å². The van der Waals surface area contributed by atoms with E-state index < -0.39 is 17.1 Å². The third-order valence-corrected chi connectivity index (χ3v) is 6.80. The predicted molar refractivity (Wildman–Crippen MR) is 99.9 cm³/mol. The highest BCUT2D eigenvalue weighted by molar-refractivity contribution is 5.69. The Balaban J connectivity index is 1.99. The minimum Gasteiger partial charge on any atom is -0.493 e. The molecule has 146 valence electrons. The van der Waals surface area contributed by atoms with E-state index in [0.717, 1.165) is 17.7 Å². The molecule has 1 aliphatic carbocycles. The normalized spacial score (nSPS) is 34.7.